The lowest BCUT2D eigenvalue weighted by Gasteiger charge is -2.19. The van der Waals surface area contributed by atoms with Crippen molar-refractivity contribution in [2.24, 2.45) is 7.05 Å². The van der Waals surface area contributed by atoms with Crippen molar-refractivity contribution in [1.82, 2.24) is 9.78 Å². The molecule has 0 saturated heterocycles. The number of hydrogen-bond donors (Lipinski definition) is 1. The lowest BCUT2D eigenvalue weighted by atomic mass is 10.2. The highest BCUT2D eigenvalue weighted by Crippen LogP contribution is 2.33. The van der Waals surface area contributed by atoms with E-state index in [2.05, 4.69) is 33.3 Å². The third-order valence-corrected chi connectivity index (χ3v) is 4.42. The van der Waals surface area contributed by atoms with E-state index in [4.69, 9.17) is 9.47 Å². The molecule has 5 nitrogen and oxygen atoms in total. The summed E-state index contributed by atoms with van der Waals surface area (Å²) in [6, 6.07) is 5.91. The van der Waals surface area contributed by atoms with Gasteiger partial charge in [0.15, 0.2) is 11.5 Å². The number of halogens is 1. The smallest absolute Gasteiger partial charge is 0.163 e. The zero-order chi connectivity index (χ0) is 14.8. The van der Waals surface area contributed by atoms with E-state index in [1.807, 2.05) is 29.9 Å². The standard InChI is InChI=1S/C15H18BrN3O2/c1-3-11-15(16)12(19(2)18-11)9-17-10-4-5-13-14(8-10)21-7-6-20-13/h4-5,8,17H,3,6-7,9H2,1-2H3. The Bertz CT molecular complexity index is 655. The molecule has 0 bridgehead atoms. The van der Waals surface area contributed by atoms with Gasteiger partial charge >= 0.3 is 0 Å². The molecule has 2 heterocycles. The van der Waals surface area contributed by atoms with E-state index in [0.29, 0.717) is 19.8 Å². The van der Waals surface area contributed by atoms with Crippen molar-refractivity contribution < 1.29 is 9.47 Å². The Morgan fingerprint density at radius 2 is 2.05 bits per heavy atom. The molecule has 3 rings (SSSR count). The van der Waals surface area contributed by atoms with Crippen LogP contribution < -0.4 is 14.8 Å². The number of aromatic nitrogens is 2. The maximum atomic E-state index is 5.59. The summed E-state index contributed by atoms with van der Waals surface area (Å²) >= 11 is 3.63. The summed E-state index contributed by atoms with van der Waals surface area (Å²) in [6.07, 6.45) is 0.915. The van der Waals surface area contributed by atoms with Crippen LogP contribution in [0, 0.1) is 0 Å². The van der Waals surface area contributed by atoms with Crippen molar-refractivity contribution in [1.29, 1.82) is 0 Å². The molecule has 1 aromatic heterocycles. The van der Waals surface area contributed by atoms with Crippen LogP contribution in [-0.4, -0.2) is 23.0 Å². The highest BCUT2D eigenvalue weighted by atomic mass is 79.9. The van der Waals surface area contributed by atoms with E-state index in [-0.39, 0.29) is 0 Å². The molecular formula is C15H18BrN3O2. The molecule has 6 heteroatoms. The lowest BCUT2D eigenvalue weighted by Crippen LogP contribution is -2.15. The minimum absolute atomic E-state index is 0.601. The molecule has 0 unspecified atom stereocenters. The van der Waals surface area contributed by atoms with Crippen molar-refractivity contribution in [3.63, 3.8) is 0 Å². The first-order valence-corrected chi connectivity index (χ1v) is 7.82. The van der Waals surface area contributed by atoms with Gasteiger partial charge in [-0.2, -0.15) is 5.10 Å². The first-order valence-electron chi connectivity index (χ1n) is 7.02. The van der Waals surface area contributed by atoms with Crippen molar-refractivity contribution in [2.75, 3.05) is 18.5 Å². The van der Waals surface area contributed by atoms with Crippen molar-refractivity contribution in [3.8, 4) is 11.5 Å². The van der Waals surface area contributed by atoms with Crippen LogP contribution in [0.5, 0.6) is 11.5 Å². The van der Waals surface area contributed by atoms with Gasteiger partial charge in [0, 0.05) is 18.8 Å². The second-order valence-electron chi connectivity index (χ2n) is 4.90. The molecule has 0 fully saturated rings. The van der Waals surface area contributed by atoms with E-state index < -0.39 is 0 Å². The number of hydrogen-bond acceptors (Lipinski definition) is 4. The Kier molecular flexibility index (Phi) is 4.05. The Hall–Kier alpha value is -1.69. The van der Waals surface area contributed by atoms with Crippen LogP contribution in [0.1, 0.15) is 18.3 Å². The predicted molar refractivity (Wildman–Crippen MR) is 85.0 cm³/mol. The second kappa shape index (κ2) is 5.97. The molecule has 0 aliphatic carbocycles. The number of ether oxygens (including phenoxy) is 2. The minimum Gasteiger partial charge on any atom is -0.486 e. The Labute approximate surface area is 132 Å². The Morgan fingerprint density at radius 1 is 1.29 bits per heavy atom. The van der Waals surface area contributed by atoms with Crippen LogP contribution in [0.15, 0.2) is 22.7 Å². The van der Waals surface area contributed by atoms with Crippen LogP contribution in [0.25, 0.3) is 0 Å². The topological polar surface area (TPSA) is 48.3 Å². The quantitative estimate of drug-likeness (QED) is 0.919. The van der Waals surface area contributed by atoms with E-state index >= 15 is 0 Å². The molecule has 0 radical (unpaired) electrons. The number of fused-ring (bicyclic) bond motifs is 1. The number of nitrogens with zero attached hydrogens (tertiary/aromatic N) is 2. The fourth-order valence-electron chi connectivity index (χ4n) is 2.35. The molecular weight excluding hydrogens is 334 g/mol. The number of aryl methyl sites for hydroxylation is 2. The second-order valence-corrected chi connectivity index (χ2v) is 5.69. The molecule has 1 aliphatic heterocycles. The Balaban J connectivity index is 1.74. The van der Waals surface area contributed by atoms with Gasteiger partial charge in [-0.1, -0.05) is 6.92 Å². The summed E-state index contributed by atoms with van der Waals surface area (Å²) in [5.74, 6) is 1.60. The fourth-order valence-corrected chi connectivity index (χ4v) is 3.11. The third-order valence-electron chi connectivity index (χ3n) is 3.51. The molecule has 2 aromatic rings. The summed E-state index contributed by atoms with van der Waals surface area (Å²) in [7, 11) is 1.96. The molecule has 0 atom stereocenters. The van der Waals surface area contributed by atoms with Crippen molar-refractivity contribution in [3.05, 3.63) is 34.1 Å². The Morgan fingerprint density at radius 3 is 2.76 bits per heavy atom. The zero-order valence-corrected chi connectivity index (χ0v) is 13.7. The third kappa shape index (κ3) is 2.85. The summed E-state index contributed by atoms with van der Waals surface area (Å²) in [5, 5.41) is 7.90. The molecule has 112 valence electrons. The lowest BCUT2D eigenvalue weighted by molar-refractivity contribution is 0.171. The number of benzene rings is 1. The summed E-state index contributed by atoms with van der Waals surface area (Å²) in [5.41, 5.74) is 3.21. The van der Waals surface area contributed by atoms with Crippen LogP contribution >= 0.6 is 15.9 Å². The van der Waals surface area contributed by atoms with E-state index in [1.165, 1.54) is 0 Å². The van der Waals surface area contributed by atoms with Crippen molar-refractivity contribution >= 4 is 21.6 Å². The maximum absolute atomic E-state index is 5.59. The molecule has 21 heavy (non-hydrogen) atoms. The summed E-state index contributed by atoms with van der Waals surface area (Å²) < 4.78 is 14.1. The van der Waals surface area contributed by atoms with Crippen molar-refractivity contribution in [2.45, 2.75) is 19.9 Å². The van der Waals surface area contributed by atoms with Crippen LogP contribution in [0.3, 0.4) is 0 Å². The van der Waals surface area contributed by atoms with Gasteiger partial charge in [-0.25, -0.2) is 0 Å². The SMILES string of the molecule is CCc1nn(C)c(CNc2ccc3c(c2)OCCO3)c1Br. The van der Waals surface area contributed by atoms with Gasteiger partial charge in [0.25, 0.3) is 0 Å². The van der Waals surface area contributed by atoms with Crippen LogP contribution in [-0.2, 0) is 20.0 Å². The van der Waals surface area contributed by atoms with Gasteiger partial charge in [-0.3, -0.25) is 4.68 Å². The van der Waals surface area contributed by atoms with Gasteiger partial charge in [0.05, 0.1) is 22.4 Å². The van der Waals surface area contributed by atoms with Gasteiger partial charge in [0.1, 0.15) is 13.2 Å². The molecule has 0 spiro atoms. The molecule has 1 aromatic carbocycles. The van der Waals surface area contributed by atoms with Gasteiger partial charge in [-0.05, 0) is 34.5 Å². The van der Waals surface area contributed by atoms with E-state index in [1.54, 1.807) is 0 Å². The first kappa shape index (κ1) is 14.3. The number of rotatable bonds is 4. The molecule has 1 aliphatic rings. The average Bonchev–Trinajstić information content (AvgIpc) is 2.79. The first-order chi connectivity index (χ1) is 10.2. The van der Waals surface area contributed by atoms with E-state index in [9.17, 15) is 0 Å². The monoisotopic (exact) mass is 351 g/mol. The number of nitrogens with one attached hydrogen (secondary N) is 1. The number of anilines is 1. The summed E-state index contributed by atoms with van der Waals surface area (Å²) in [4.78, 5) is 0. The summed E-state index contributed by atoms with van der Waals surface area (Å²) in [6.45, 7) is 4.01. The van der Waals surface area contributed by atoms with Crippen LogP contribution in [0.2, 0.25) is 0 Å². The van der Waals surface area contributed by atoms with E-state index in [0.717, 1.165) is 39.5 Å². The highest BCUT2D eigenvalue weighted by Gasteiger charge is 2.14. The highest BCUT2D eigenvalue weighted by molar-refractivity contribution is 9.10. The predicted octanol–water partition coefficient (Wildman–Crippen LogP) is 3.13. The maximum Gasteiger partial charge on any atom is 0.163 e. The van der Waals surface area contributed by atoms with Crippen LogP contribution in [0.4, 0.5) is 5.69 Å². The van der Waals surface area contributed by atoms with Gasteiger partial charge in [0.2, 0.25) is 0 Å². The normalized spacial score (nSPS) is 13.3. The zero-order valence-electron chi connectivity index (χ0n) is 12.1. The minimum atomic E-state index is 0.601. The fraction of sp³-hybridized carbons (Fsp3) is 0.400. The molecule has 1 N–H and O–H groups in total. The van der Waals surface area contributed by atoms with Gasteiger partial charge < -0.3 is 14.8 Å². The molecule has 0 saturated carbocycles. The largest absolute Gasteiger partial charge is 0.486 e. The average molecular weight is 352 g/mol. The molecule has 0 amide bonds. The van der Waals surface area contributed by atoms with Gasteiger partial charge in [-0.15, -0.1) is 0 Å².